The molecule has 0 aromatic heterocycles. The Hall–Kier alpha value is 0.270. The molecule has 1 heterocycles. The predicted octanol–water partition coefficient (Wildman–Crippen LogP) is 1.42. The largest absolute Gasteiger partial charge is 0.309 e. The van der Waals surface area contributed by atoms with Crippen LogP contribution >= 0.6 is 11.8 Å². The van der Waals surface area contributed by atoms with E-state index in [-0.39, 0.29) is 0 Å². The van der Waals surface area contributed by atoms with Crippen LogP contribution in [0.15, 0.2) is 0 Å². The minimum absolute atomic E-state index is 0.617. The second-order valence-electron chi connectivity index (χ2n) is 4.41. The van der Waals surface area contributed by atoms with Gasteiger partial charge in [0, 0.05) is 29.6 Å². The summed E-state index contributed by atoms with van der Waals surface area (Å²) in [6, 6.07) is 1.36. The lowest BCUT2D eigenvalue weighted by molar-refractivity contribution is 0.332. The van der Waals surface area contributed by atoms with E-state index in [0.29, 0.717) is 6.04 Å². The van der Waals surface area contributed by atoms with Crippen molar-refractivity contribution in [1.82, 2.24) is 10.2 Å². The summed E-state index contributed by atoms with van der Waals surface area (Å²) in [7, 11) is 4.26. The molecular weight excluding hydrogens is 180 g/mol. The van der Waals surface area contributed by atoms with Crippen molar-refractivity contribution in [2.75, 3.05) is 26.4 Å². The van der Waals surface area contributed by atoms with Gasteiger partial charge in [-0.05, 0) is 27.4 Å². The zero-order valence-electron chi connectivity index (χ0n) is 9.21. The highest BCUT2D eigenvalue weighted by atomic mass is 32.2. The molecule has 1 rings (SSSR count). The van der Waals surface area contributed by atoms with E-state index in [4.69, 9.17) is 0 Å². The molecule has 78 valence electrons. The van der Waals surface area contributed by atoms with Gasteiger partial charge >= 0.3 is 0 Å². The highest BCUT2D eigenvalue weighted by molar-refractivity contribution is 8.00. The second-order valence-corrected chi connectivity index (χ2v) is 5.88. The highest BCUT2D eigenvalue weighted by Crippen LogP contribution is 2.26. The SMILES string of the molecule is CC(CN(C)C)NC1CSC(C)C1. The zero-order chi connectivity index (χ0) is 9.84. The van der Waals surface area contributed by atoms with Crippen molar-refractivity contribution in [3.05, 3.63) is 0 Å². The Balaban J connectivity index is 2.16. The monoisotopic (exact) mass is 202 g/mol. The van der Waals surface area contributed by atoms with E-state index >= 15 is 0 Å². The summed E-state index contributed by atoms with van der Waals surface area (Å²) in [6.45, 7) is 5.73. The molecule has 1 fully saturated rings. The minimum atomic E-state index is 0.617. The Morgan fingerprint density at radius 1 is 1.54 bits per heavy atom. The Kier molecular flexibility index (Phi) is 4.56. The molecule has 3 unspecified atom stereocenters. The van der Waals surface area contributed by atoms with Crippen LogP contribution in [0, 0.1) is 0 Å². The van der Waals surface area contributed by atoms with Crippen molar-refractivity contribution in [1.29, 1.82) is 0 Å². The molecule has 2 nitrogen and oxygen atoms in total. The first-order valence-electron chi connectivity index (χ1n) is 5.10. The maximum Gasteiger partial charge on any atom is 0.0171 e. The van der Waals surface area contributed by atoms with Gasteiger partial charge in [0.25, 0.3) is 0 Å². The van der Waals surface area contributed by atoms with Gasteiger partial charge in [0.2, 0.25) is 0 Å². The van der Waals surface area contributed by atoms with Crippen LogP contribution in [-0.2, 0) is 0 Å². The fourth-order valence-electron chi connectivity index (χ4n) is 1.94. The van der Waals surface area contributed by atoms with Crippen LogP contribution in [0.5, 0.6) is 0 Å². The lowest BCUT2D eigenvalue weighted by Crippen LogP contribution is -2.42. The molecule has 3 atom stereocenters. The molecule has 0 aliphatic carbocycles. The summed E-state index contributed by atoms with van der Waals surface area (Å²) >= 11 is 2.09. The minimum Gasteiger partial charge on any atom is -0.309 e. The molecular formula is C10H22N2S. The average Bonchev–Trinajstić information content (AvgIpc) is 2.33. The number of thioether (sulfide) groups is 1. The first-order chi connectivity index (χ1) is 6.08. The van der Waals surface area contributed by atoms with Crippen molar-refractivity contribution < 1.29 is 0 Å². The number of hydrogen-bond acceptors (Lipinski definition) is 3. The van der Waals surface area contributed by atoms with Crippen LogP contribution in [0.3, 0.4) is 0 Å². The molecule has 13 heavy (non-hydrogen) atoms. The maximum atomic E-state index is 3.68. The molecule has 0 saturated carbocycles. The van der Waals surface area contributed by atoms with Gasteiger partial charge in [-0.25, -0.2) is 0 Å². The molecule has 3 heteroatoms. The van der Waals surface area contributed by atoms with Gasteiger partial charge in [-0.3, -0.25) is 0 Å². The van der Waals surface area contributed by atoms with Crippen molar-refractivity contribution >= 4 is 11.8 Å². The Bertz CT molecular complexity index is 150. The van der Waals surface area contributed by atoms with E-state index < -0.39 is 0 Å². The van der Waals surface area contributed by atoms with Crippen molar-refractivity contribution in [2.24, 2.45) is 0 Å². The third-order valence-corrected chi connectivity index (χ3v) is 3.71. The molecule has 1 saturated heterocycles. The highest BCUT2D eigenvalue weighted by Gasteiger charge is 2.22. The van der Waals surface area contributed by atoms with Gasteiger partial charge in [-0.2, -0.15) is 11.8 Å². The van der Waals surface area contributed by atoms with Crippen molar-refractivity contribution in [3.8, 4) is 0 Å². The Morgan fingerprint density at radius 2 is 2.23 bits per heavy atom. The number of nitrogens with one attached hydrogen (secondary N) is 1. The van der Waals surface area contributed by atoms with Crippen LogP contribution in [0.25, 0.3) is 0 Å². The first-order valence-corrected chi connectivity index (χ1v) is 6.15. The number of likely N-dealkylation sites (N-methyl/N-ethyl adjacent to an activating group) is 1. The normalized spacial score (nSPS) is 31.2. The van der Waals surface area contributed by atoms with Crippen LogP contribution in [-0.4, -0.2) is 48.6 Å². The summed E-state index contributed by atoms with van der Waals surface area (Å²) in [6.07, 6.45) is 1.34. The van der Waals surface area contributed by atoms with Crippen LogP contribution in [0.2, 0.25) is 0 Å². The standard InChI is InChI=1S/C10H22N2S/c1-8(6-12(3)4)11-10-5-9(2)13-7-10/h8-11H,5-7H2,1-4H3. The van der Waals surface area contributed by atoms with Gasteiger partial charge < -0.3 is 10.2 Å². The summed E-state index contributed by atoms with van der Waals surface area (Å²) in [5.41, 5.74) is 0. The second kappa shape index (κ2) is 5.23. The van der Waals surface area contributed by atoms with Gasteiger partial charge in [0.05, 0.1) is 0 Å². The molecule has 0 amide bonds. The molecule has 0 bridgehead atoms. The van der Waals surface area contributed by atoms with Crippen LogP contribution < -0.4 is 5.32 Å². The predicted molar refractivity (Wildman–Crippen MR) is 61.5 cm³/mol. The molecule has 0 aromatic rings. The molecule has 0 radical (unpaired) electrons. The van der Waals surface area contributed by atoms with Gasteiger partial charge in [0.1, 0.15) is 0 Å². The average molecular weight is 202 g/mol. The van der Waals surface area contributed by atoms with Crippen molar-refractivity contribution in [2.45, 2.75) is 37.6 Å². The zero-order valence-corrected chi connectivity index (χ0v) is 10.0. The summed E-state index contributed by atoms with van der Waals surface area (Å²) < 4.78 is 0. The quantitative estimate of drug-likeness (QED) is 0.742. The smallest absolute Gasteiger partial charge is 0.0171 e. The van der Waals surface area contributed by atoms with E-state index in [0.717, 1.165) is 17.8 Å². The van der Waals surface area contributed by atoms with E-state index in [2.05, 4.69) is 49.9 Å². The number of nitrogens with zero attached hydrogens (tertiary/aromatic N) is 1. The molecule has 1 N–H and O–H groups in total. The summed E-state index contributed by atoms with van der Waals surface area (Å²) in [5.74, 6) is 1.29. The topological polar surface area (TPSA) is 15.3 Å². The third-order valence-electron chi connectivity index (χ3n) is 2.36. The molecule has 0 spiro atoms. The Morgan fingerprint density at radius 3 is 2.69 bits per heavy atom. The van der Waals surface area contributed by atoms with Gasteiger partial charge in [0.15, 0.2) is 0 Å². The molecule has 0 aromatic carbocycles. The third kappa shape index (κ3) is 4.34. The van der Waals surface area contributed by atoms with E-state index in [1.54, 1.807) is 0 Å². The summed E-state index contributed by atoms with van der Waals surface area (Å²) in [4.78, 5) is 2.24. The fourth-order valence-corrected chi connectivity index (χ4v) is 3.10. The van der Waals surface area contributed by atoms with Crippen LogP contribution in [0.4, 0.5) is 0 Å². The van der Waals surface area contributed by atoms with Gasteiger partial charge in [-0.1, -0.05) is 6.92 Å². The van der Waals surface area contributed by atoms with Gasteiger partial charge in [-0.15, -0.1) is 0 Å². The number of rotatable bonds is 4. The lowest BCUT2D eigenvalue weighted by atomic mass is 10.1. The first kappa shape index (κ1) is 11.3. The van der Waals surface area contributed by atoms with Crippen LogP contribution in [0.1, 0.15) is 20.3 Å². The van der Waals surface area contributed by atoms with E-state index in [9.17, 15) is 0 Å². The molecule has 1 aliphatic rings. The summed E-state index contributed by atoms with van der Waals surface area (Å²) in [5, 5.41) is 4.53. The Labute approximate surface area is 86.5 Å². The fraction of sp³-hybridized carbons (Fsp3) is 1.00. The van der Waals surface area contributed by atoms with E-state index in [1.165, 1.54) is 12.2 Å². The lowest BCUT2D eigenvalue weighted by Gasteiger charge is -2.22. The molecule has 1 aliphatic heterocycles. The maximum absolute atomic E-state index is 3.68. The van der Waals surface area contributed by atoms with E-state index in [1.807, 2.05) is 0 Å². The van der Waals surface area contributed by atoms with Crippen molar-refractivity contribution in [3.63, 3.8) is 0 Å². The number of hydrogen-bond donors (Lipinski definition) is 1.